The fourth-order valence-electron chi connectivity index (χ4n) is 2.55. The molecule has 20 heavy (non-hydrogen) atoms. The monoisotopic (exact) mass is 276 g/mol. The van der Waals surface area contributed by atoms with Crippen LogP contribution in [-0.2, 0) is 9.53 Å². The third kappa shape index (κ3) is 4.05. The second-order valence-electron chi connectivity index (χ2n) is 5.45. The van der Waals surface area contributed by atoms with Gasteiger partial charge in [-0.2, -0.15) is 0 Å². The molecule has 4 nitrogen and oxygen atoms in total. The maximum atomic E-state index is 11.9. The number of amides is 1. The van der Waals surface area contributed by atoms with Gasteiger partial charge in [-0.1, -0.05) is 37.3 Å². The number of hydrogen-bond donors (Lipinski definition) is 2. The molecule has 1 amide bonds. The van der Waals surface area contributed by atoms with E-state index in [0.717, 1.165) is 19.3 Å². The van der Waals surface area contributed by atoms with E-state index in [-0.39, 0.29) is 18.1 Å². The number of rotatable bonds is 6. The Balaban J connectivity index is 1.69. The molecule has 1 aromatic carbocycles. The molecular formula is C16H24N2O2. The fourth-order valence-corrected chi connectivity index (χ4v) is 2.55. The predicted molar refractivity (Wildman–Crippen MR) is 79.4 cm³/mol. The minimum atomic E-state index is -0.310. The van der Waals surface area contributed by atoms with Crippen LogP contribution in [0.2, 0.25) is 0 Å². The highest BCUT2D eigenvalue weighted by Crippen LogP contribution is 2.20. The van der Waals surface area contributed by atoms with Gasteiger partial charge < -0.3 is 15.8 Å². The number of hydrogen-bond acceptors (Lipinski definition) is 3. The van der Waals surface area contributed by atoms with Crippen molar-refractivity contribution in [1.82, 2.24) is 5.32 Å². The average Bonchev–Trinajstić information content (AvgIpc) is 2.97. The molecule has 3 atom stereocenters. The van der Waals surface area contributed by atoms with E-state index in [1.54, 1.807) is 0 Å². The number of nitrogens with one attached hydrogen (secondary N) is 1. The lowest BCUT2D eigenvalue weighted by molar-refractivity contribution is -0.131. The Morgan fingerprint density at radius 3 is 2.80 bits per heavy atom. The van der Waals surface area contributed by atoms with E-state index in [9.17, 15) is 4.79 Å². The first-order valence-corrected chi connectivity index (χ1v) is 7.39. The van der Waals surface area contributed by atoms with E-state index in [4.69, 9.17) is 10.5 Å². The molecule has 0 spiro atoms. The zero-order valence-electron chi connectivity index (χ0n) is 12.0. The highest BCUT2D eigenvalue weighted by atomic mass is 16.5. The molecule has 1 fully saturated rings. The largest absolute Gasteiger partial charge is 0.364 e. The van der Waals surface area contributed by atoms with Crippen LogP contribution in [-0.4, -0.2) is 31.2 Å². The van der Waals surface area contributed by atoms with Gasteiger partial charge in [0, 0.05) is 13.1 Å². The smallest absolute Gasteiger partial charge is 0.249 e. The number of carbonyl (C=O) groups is 1. The van der Waals surface area contributed by atoms with Gasteiger partial charge in [-0.25, -0.2) is 0 Å². The van der Waals surface area contributed by atoms with Gasteiger partial charge in [0.25, 0.3) is 0 Å². The SMILES string of the molecule is CC(CCNC(=O)C1CCC(CN)O1)c1ccccc1. The first-order chi connectivity index (χ1) is 9.70. The van der Waals surface area contributed by atoms with Crippen LogP contribution in [0.5, 0.6) is 0 Å². The Morgan fingerprint density at radius 1 is 1.40 bits per heavy atom. The first kappa shape index (κ1) is 15.0. The molecule has 4 heteroatoms. The van der Waals surface area contributed by atoms with Crippen molar-refractivity contribution in [3.8, 4) is 0 Å². The van der Waals surface area contributed by atoms with E-state index in [2.05, 4.69) is 24.4 Å². The van der Waals surface area contributed by atoms with Crippen LogP contribution in [0.3, 0.4) is 0 Å². The summed E-state index contributed by atoms with van der Waals surface area (Å²) < 4.78 is 5.58. The van der Waals surface area contributed by atoms with Crippen molar-refractivity contribution in [2.75, 3.05) is 13.1 Å². The highest BCUT2D eigenvalue weighted by Gasteiger charge is 2.29. The normalized spacial score (nSPS) is 23.5. The molecule has 1 aliphatic heterocycles. The van der Waals surface area contributed by atoms with E-state index in [1.807, 2.05) is 18.2 Å². The molecule has 0 bridgehead atoms. The lowest BCUT2D eigenvalue weighted by Gasteiger charge is -2.15. The van der Waals surface area contributed by atoms with Crippen LogP contribution >= 0.6 is 0 Å². The zero-order valence-corrected chi connectivity index (χ0v) is 12.0. The van der Waals surface area contributed by atoms with E-state index in [1.165, 1.54) is 5.56 Å². The highest BCUT2D eigenvalue weighted by molar-refractivity contribution is 5.80. The van der Waals surface area contributed by atoms with E-state index in [0.29, 0.717) is 19.0 Å². The maximum Gasteiger partial charge on any atom is 0.249 e. The summed E-state index contributed by atoms with van der Waals surface area (Å²) in [6, 6.07) is 10.4. The molecule has 0 saturated carbocycles. The molecule has 0 aromatic heterocycles. The van der Waals surface area contributed by atoms with Gasteiger partial charge >= 0.3 is 0 Å². The Kier molecular flexibility index (Phi) is 5.56. The van der Waals surface area contributed by atoms with Crippen molar-refractivity contribution in [2.24, 2.45) is 5.73 Å². The lowest BCUT2D eigenvalue weighted by Crippen LogP contribution is -2.36. The second kappa shape index (κ2) is 7.41. The zero-order chi connectivity index (χ0) is 14.4. The van der Waals surface area contributed by atoms with Crippen LogP contribution < -0.4 is 11.1 Å². The first-order valence-electron chi connectivity index (χ1n) is 7.39. The molecule has 1 heterocycles. The van der Waals surface area contributed by atoms with Gasteiger partial charge in [-0.15, -0.1) is 0 Å². The molecular weight excluding hydrogens is 252 g/mol. The van der Waals surface area contributed by atoms with Crippen LogP contribution in [0.4, 0.5) is 0 Å². The van der Waals surface area contributed by atoms with Crippen molar-refractivity contribution in [3.63, 3.8) is 0 Å². The summed E-state index contributed by atoms with van der Waals surface area (Å²) in [6.45, 7) is 3.36. The summed E-state index contributed by atoms with van der Waals surface area (Å²) in [5, 5.41) is 2.97. The molecule has 1 aliphatic rings. The third-order valence-corrected chi connectivity index (χ3v) is 3.91. The summed E-state index contributed by atoms with van der Waals surface area (Å²) >= 11 is 0. The molecule has 110 valence electrons. The van der Waals surface area contributed by atoms with Gasteiger partial charge in [0.05, 0.1) is 6.10 Å². The molecule has 3 N–H and O–H groups in total. The van der Waals surface area contributed by atoms with Gasteiger partial charge in [0.2, 0.25) is 5.91 Å². The van der Waals surface area contributed by atoms with Crippen molar-refractivity contribution in [1.29, 1.82) is 0 Å². The minimum Gasteiger partial charge on any atom is -0.364 e. The minimum absolute atomic E-state index is 0.00112. The van der Waals surface area contributed by atoms with Crippen LogP contribution in [0.25, 0.3) is 0 Å². The second-order valence-corrected chi connectivity index (χ2v) is 5.45. The Morgan fingerprint density at radius 2 is 2.15 bits per heavy atom. The van der Waals surface area contributed by atoms with Crippen molar-refractivity contribution >= 4 is 5.91 Å². The third-order valence-electron chi connectivity index (χ3n) is 3.91. The van der Waals surface area contributed by atoms with Crippen molar-refractivity contribution in [3.05, 3.63) is 35.9 Å². The van der Waals surface area contributed by atoms with Crippen LogP contribution in [0.1, 0.15) is 37.7 Å². The molecule has 0 aliphatic carbocycles. The lowest BCUT2D eigenvalue weighted by atomic mass is 9.98. The Hall–Kier alpha value is -1.39. The fraction of sp³-hybridized carbons (Fsp3) is 0.562. The maximum absolute atomic E-state index is 11.9. The predicted octanol–water partition coefficient (Wildman–Crippen LogP) is 1.80. The van der Waals surface area contributed by atoms with E-state index < -0.39 is 0 Å². The van der Waals surface area contributed by atoms with Crippen LogP contribution in [0, 0.1) is 0 Å². The van der Waals surface area contributed by atoms with Gasteiger partial charge in [-0.05, 0) is 30.7 Å². The Bertz CT molecular complexity index is 422. The summed E-state index contributed by atoms with van der Waals surface area (Å²) in [6.07, 6.45) is 2.34. The number of carbonyl (C=O) groups excluding carboxylic acids is 1. The summed E-state index contributed by atoms with van der Waals surface area (Å²) in [7, 11) is 0. The summed E-state index contributed by atoms with van der Waals surface area (Å²) in [4.78, 5) is 11.9. The van der Waals surface area contributed by atoms with Crippen LogP contribution in [0.15, 0.2) is 30.3 Å². The number of benzene rings is 1. The molecule has 3 unspecified atom stereocenters. The standard InChI is InChI=1S/C16H24N2O2/c1-12(13-5-3-2-4-6-13)9-10-18-16(19)15-8-7-14(11-17)20-15/h2-6,12,14-15H,7-11,17H2,1H3,(H,18,19). The van der Waals surface area contributed by atoms with Gasteiger partial charge in [0.1, 0.15) is 6.10 Å². The quantitative estimate of drug-likeness (QED) is 0.832. The topological polar surface area (TPSA) is 64.4 Å². The average molecular weight is 276 g/mol. The van der Waals surface area contributed by atoms with E-state index >= 15 is 0 Å². The Labute approximate surface area is 120 Å². The molecule has 1 saturated heterocycles. The number of nitrogens with two attached hydrogens (primary N) is 1. The molecule has 2 rings (SSSR count). The van der Waals surface area contributed by atoms with Crippen molar-refractivity contribution < 1.29 is 9.53 Å². The number of ether oxygens (including phenoxy) is 1. The van der Waals surface area contributed by atoms with Gasteiger partial charge in [-0.3, -0.25) is 4.79 Å². The molecule has 1 aromatic rings. The summed E-state index contributed by atoms with van der Waals surface area (Å²) in [5.41, 5.74) is 6.85. The van der Waals surface area contributed by atoms with Gasteiger partial charge in [0.15, 0.2) is 0 Å². The summed E-state index contributed by atoms with van der Waals surface area (Å²) in [5.74, 6) is 0.444. The van der Waals surface area contributed by atoms with Crippen molar-refractivity contribution in [2.45, 2.75) is 44.3 Å². The molecule has 0 radical (unpaired) electrons.